The quantitative estimate of drug-likeness (QED) is 0.498. The maximum atomic E-state index is 13.3. The van der Waals surface area contributed by atoms with Crippen LogP contribution in [0.2, 0.25) is 0 Å². The van der Waals surface area contributed by atoms with Crippen LogP contribution in [0.4, 0.5) is 0 Å². The van der Waals surface area contributed by atoms with E-state index in [1.165, 1.54) is 11.1 Å². The molecule has 0 spiro atoms. The maximum Gasteiger partial charge on any atom is 0.242 e. The average molecular weight is 457 g/mol. The van der Waals surface area contributed by atoms with E-state index in [-0.39, 0.29) is 11.8 Å². The molecule has 0 fully saturated rings. The first-order chi connectivity index (χ1) is 15.3. The third-order valence-electron chi connectivity index (χ3n) is 5.20. The van der Waals surface area contributed by atoms with Crippen LogP contribution in [0.3, 0.4) is 0 Å². The molecule has 0 aromatic heterocycles. The van der Waals surface area contributed by atoms with Crippen LogP contribution in [0.15, 0.2) is 48.5 Å². The van der Waals surface area contributed by atoms with Crippen molar-refractivity contribution in [2.45, 2.75) is 52.5 Å². The van der Waals surface area contributed by atoms with Gasteiger partial charge in [-0.15, -0.1) is 11.8 Å². The molecule has 1 atom stereocenters. The molecule has 0 bridgehead atoms. The van der Waals surface area contributed by atoms with Gasteiger partial charge in [-0.25, -0.2) is 0 Å². The van der Waals surface area contributed by atoms with Gasteiger partial charge in [0.2, 0.25) is 11.8 Å². The van der Waals surface area contributed by atoms with Crippen LogP contribution < -0.4 is 10.1 Å². The molecule has 2 aromatic carbocycles. The lowest BCUT2D eigenvalue weighted by Gasteiger charge is -2.31. The Bertz CT molecular complexity index is 850. The smallest absolute Gasteiger partial charge is 0.242 e. The predicted octanol–water partition coefficient (Wildman–Crippen LogP) is 4.82. The van der Waals surface area contributed by atoms with Gasteiger partial charge in [0.1, 0.15) is 11.8 Å². The Morgan fingerprint density at radius 1 is 1.03 bits per heavy atom. The van der Waals surface area contributed by atoms with E-state index in [2.05, 4.69) is 50.4 Å². The number of benzene rings is 2. The van der Waals surface area contributed by atoms with Crippen LogP contribution >= 0.6 is 11.8 Å². The number of carbonyl (C=O) groups is 2. The second kappa shape index (κ2) is 13.2. The predicted molar refractivity (Wildman–Crippen MR) is 133 cm³/mol. The molecule has 174 valence electrons. The highest BCUT2D eigenvalue weighted by molar-refractivity contribution is 7.99. The Labute approximate surface area is 196 Å². The first-order valence-electron chi connectivity index (χ1n) is 11.2. The lowest BCUT2D eigenvalue weighted by molar-refractivity contribution is -0.139. The second-order valence-corrected chi connectivity index (χ2v) is 9.40. The van der Waals surface area contributed by atoms with Gasteiger partial charge in [0.25, 0.3) is 0 Å². The van der Waals surface area contributed by atoms with E-state index < -0.39 is 6.04 Å². The Balaban J connectivity index is 2.11. The fourth-order valence-electron chi connectivity index (χ4n) is 3.29. The van der Waals surface area contributed by atoms with Gasteiger partial charge in [-0.1, -0.05) is 62.7 Å². The van der Waals surface area contributed by atoms with Gasteiger partial charge in [0.15, 0.2) is 0 Å². The Kier molecular flexibility index (Phi) is 10.6. The molecule has 2 rings (SSSR count). The van der Waals surface area contributed by atoms with E-state index in [9.17, 15) is 9.59 Å². The summed E-state index contributed by atoms with van der Waals surface area (Å²) in [6.07, 6.45) is 0.564. The molecule has 0 aliphatic heterocycles. The molecular formula is C26H36N2O3S. The van der Waals surface area contributed by atoms with Gasteiger partial charge in [-0.2, -0.15) is 0 Å². The molecule has 0 aliphatic carbocycles. The highest BCUT2D eigenvalue weighted by Gasteiger charge is 2.28. The number of ether oxygens (including phenoxy) is 1. The van der Waals surface area contributed by atoms with Crippen LogP contribution in [0.25, 0.3) is 0 Å². The number of carbonyl (C=O) groups excluding carboxylic acids is 2. The summed E-state index contributed by atoms with van der Waals surface area (Å²) < 4.78 is 5.24. The van der Waals surface area contributed by atoms with Crippen molar-refractivity contribution >= 4 is 23.6 Å². The highest BCUT2D eigenvalue weighted by Crippen LogP contribution is 2.19. The molecule has 1 N–H and O–H groups in total. The van der Waals surface area contributed by atoms with E-state index in [1.807, 2.05) is 31.2 Å². The van der Waals surface area contributed by atoms with Crippen molar-refractivity contribution < 1.29 is 14.3 Å². The van der Waals surface area contributed by atoms with Crippen molar-refractivity contribution in [2.75, 3.05) is 19.4 Å². The van der Waals surface area contributed by atoms with E-state index in [4.69, 9.17) is 4.74 Å². The summed E-state index contributed by atoms with van der Waals surface area (Å²) in [6, 6.07) is 15.5. The Morgan fingerprint density at radius 3 is 2.22 bits per heavy atom. The first kappa shape index (κ1) is 25.8. The zero-order valence-corrected chi connectivity index (χ0v) is 20.7. The molecule has 32 heavy (non-hydrogen) atoms. The number of thioether (sulfide) groups is 1. The summed E-state index contributed by atoms with van der Waals surface area (Å²) in [4.78, 5) is 27.9. The fourth-order valence-corrected chi connectivity index (χ4v) is 4.16. The third-order valence-corrected chi connectivity index (χ3v) is 6.19. The van der Waals surface area contributed by atoms with Crippen molar-refractivity contribution in [2.24, 2.45) is 5.92 Å². The topological polar surface area (TPSA) is 58.6 Å². The summed E-state index contributed by atoms with van der Waals surface area (Å²) in [5.41, 5.74) is 3.38. The number of amides is 2. The number of aryl methyl sites for hydroxylation is 1. The number of rotatable bonds is 12. The largest absolute Gasteiger partial charge is 0.497 e. The molecule has 6 heteroatoms. The van der Waals surface area contributed by atoms with Crippen molar-refractivity contribution in [3.05, 3.63) is 65.2 Å². The number of nitrogens with one attached hydrogen (secondary N) is 1. The van der Waals surface area contributed by atoms with Gasteiger partial charge in [-0.3, -0.25) is 9.59 Å². The molecule has 1 unspecified atom stereocenters. The second-order valence-electron chi connectivity index (χ2n) is 8.41. The van der Waals surface area contributed by atoms with E-state index >= 15 is 0 Å². The van der Waals surface area contributed by atoms with Crippen LogP contribution in [0.1, 0.15) is 43.9 Å². The molecule has 0 heterocycles. The lowest BCUT2D eigenvalue weighted by Crippen LogP contribution is -2.50. The van der Waals surface area contributed by atoms with Crippen LogP contribution in [0, 0.1) is 12.8 Å². The van der Waals surface area contributed by atoms with Crippen LogP contribution in [-0.2, 0) is 21.9 Å². The lowest BCUT2D eigenvalue weighted by atomic mass is 10.1. The van der Waals surface area contributed by atoms with Crippen LogP contribution in [0.5, 0.6) is 5.75 Å². The van der Waals surface area contributed by atoms with Crippen molar-refractivity contribution in [3.63, 3.8) is 0 Å². The summed E-state index contributed by atoms with van der Waals surface area (Å²) in [5.74, 6) is 2.10. The minimum Gasteiger partial charge on any atom is -0.497 e. The Hall–Kier alpha value is -2.47. The summed E-state index contributed by atoms with van der Waals surface area (Å²) in [5, 5.41) is 3.00. The SMILES string of the molecule is CCC(C(=O)NCC(C)C)N(Cc1ccc(OC)cc1)C(=O)CSCc1ccc(C)cc1. The normalized spacial score (nSPS) is 11.8. The summed E-state index contributed by atoms with van der Waals surface area (Å²) in [7, 11) is 1.63. The molecule has 2 aromatic rings. The van der Waals surface area contributed by atoms with Gasteiger partial charge in [0, 0.05) is 18.8 Å². The van der Waals surface area contributed by atoms with E-state index in [1.54, 1.807) is 23.8 Å². The number of methoxy groups -OCH3 is 1. The monoisotopic (exact) mass is 456 g/mol. The minimum atomic E-state index is -0.497. The molecular weight excluding hydrogens is 420 g/mol. The fraction of sp³-hybridized carbons (Fsp3) is 0.462. The van der Waals surface area contributed by atoms with Gasteiger partial charge < -0.3 is 15.0 Å². The molecule has 0 aliphatic rings. The molecule has 0 radical (unpaired) electrons. The van der Waals surface area contributed by atoms with Crippen molar-refractivity contribution in [1.82, 2.24) is 10.2 Å². The Morgan fingerprint density at radius 2 is 1.66 bits per heavy atom. The number of hydrogen-bond acceptors (Lipinski definition) is 4. The third kappa shape index (κ3) is 8.23. The highest BCUT2D eigenvalue weighted by atomic mass is 32.2. The van der Waals surface area contributed by atoms with Gasteiger partial charge in [0.05, 0.1) is 12.9 Å². The summed E-state index contributed by atoms with van der Waals surface area (Å²) >= 11 is 1.58. The first-order valence-corrected chi connectivity index (χ1v) is 12.3. The van der Waals surface area contributed by atoms with Crippen LogP contribution in [-0.4, -0.2) is 42.2 Å². The zero-order valence-electron chi connectivity index (χ0n) is 19.9. The van der Waals surface area contributed by atoms with Gasteiger partial charge >= 0.3 is 0 Å². The molecule has 0 saturated carbocycles. The summed E-state index contributed by atoms with van der Waals surface area (Å²) in [6.45, 7) is 9.12. The maximum absolute atomic E-state index is 13.3. The minimum absolute atomic E-state index is 0.0236. The van der Waals surface area contributed by atoms with E-state index in [0.29, 0.717) is 31.2 Å². The van der Waals surface area contributed by atoms with Crippen molar-refractivity contribution in [1.29, 1.82) is 0 Å². The average Bonchev–Trinajstić information content (AvgIpc) is 2.79. The van der Waals surface area contributed by atoms with Crippen molar-refractivity contribution in [3.8, 4) is 5.75 Å². The molecule has 5 nitrogen and oxygen atoms in total. The van der Waals surface area contributed by atoms with Gasteiger partial charge in [-0.05, 0) is 42.5 Å². The standard InChI is InChI=1S/C26H36N2O3S/c1-6-24(26(30)27-15-19(2)3)28(16-21-11-13-23(31-5)14-12-21)25(29)18-32-17-22-9-7-20(4)8-10-22/h7-14,19,24H,6,15-18H2,1-5H3,(H,27,30). The zero-order chi connectivity index (χ0) is 23.5. The molecule has 2 amide bonds. The number of hydrogen-bond donors (Lipinski definition) is 1. The number of nitrogens with zero attached hydrogens (tertiary/aromatic N) is 1. The van der Waals surface area contributed by atoms with E-state index in [0.717, 1.165) is 17.1 Å². The molecule has 0 saturated heterocycles.